The molecule has 1 N–H and O–H groups in total. The van der Waals surface area contributed by atoms with Crippen molar-refractivity contribution in [1.29, 1.82) is 0 Å². The molecule has 0 aliphatic heterocycles. The monoisotopic (exact) mass is 276 g/mol. The number of ether oxygens (including phenoxy) is 1. The van der Waals surface area contributed by atoms with Gasteiger partial charge in [0.15, 0.2) is 5.69 Å². The molecule has 0 atom stereocenters. The van der Waals surface area contributed by atoms with Crippen LogP contribution in [-0.2, 0) is 11.5 Å². The second-order valence-electron chi connectivity index (χ2n) is 3.92. The quantitative estimate of drug-likeness (QED) is 0.661. The molecule has 104 valence electrons. The van der Waals surface area contributed by atoms with E-state index in [4.69, 9.17) is 4.74 Å². The van der Waals surface area contributed by atoms with Gasteiger partial charge >= 0.3 is 0 Å². The molecular weight excluding hydrogens is 264 g/mol. The van der Waals surface area contributed by atoms with E-state index in [9.17, 15) is 14.9 Å². The maximum absolute atomic E-state index is 11.9. The van der Waals surface area contributed by atoms with Crippen molar-refractivity contribution in [2.24, 2.45) is 0 Å². The van der Waals surface area contributed by atoms with E-state index in [2.05, 4.69) is 10.4 Å². The van der Waals surface area contributed by atoms with Crippen LogP contribution in [0.3, 0.4) is 0 Å². The van der Waals surface area contributed by atoms with Crippen molar-refractivity contribution in [2.45, 2.75) is 6.73 Å². The normalized spacial score (nSPS) is 10.2. The molecule has 20 heavy (non-hydrogen) atoms. The first-order valence-corrected chi connectivity index (χ1v) is 5.68. The molecule has 8 nitrogen and oxygen atoms in total. The van der Waals surface area contributed by atoms with Gasteiger partial charge in [-0.05, 0) is 18.2 Å². The van der Waals surface area contributed by atoms with Gasteiger partial charge in [-0.15, -0.1) is 0 Å². The van der Waals surface area contributed by atoms with Gasteiger partial charge in [0.2, 0.25) is 0 Å². The third-order valence-electron chi connectivity index (χ3n) is 2.47. The molecule has 0 fully saturated rings. The van der Waals surface area contributed by atoms with Crippen molar-refractivity contribution >= 4 is 17.3 Å². The Balaban J connectivity index is 2.04. The molecule has 0 radical (unpaired) electrons. The summed E-state index contributed by atoms with van der Waals surface area (Å²) in [7, 11) is 1.53. The van der Waals surface area contributed by atoms with Crippen molar-refractivity contribution < 1.29 is 14.5 Å². The Hall–Kier alpha value is -2.74. The standard InChI is InChI=1S/C12H12N4O4/c1-20-8-15-7-6-11(14-15)12(17)13-9-2-4-10(5-3-9)16(18)19/h2-7H,8H2,1H3,(H,13,17). The van der Waals surface area contributed by atoms with Gasteiger partial charge < -0.3 is 10.1 Å². The lowest BCUT2D eigenvalue weighted by molar-refractivity contribution is -0.384. The van der Waals surface area contributed by atoms with Gasteiger partial charge in [-0.2, -0.15) is 5.10 Å². The summed E-state index contributed by atoms with van der Waals surface area (Å²) in [6.45, 7) is 0.255. The maximum atomic E-state index is 11.9. The molecule has 8 heteroatoms. The van der Waals surface area contributed by atoms with Crippen LogP contribution in [0.25, 0.3) is 0 Å². The first-order chi connectivity index (χ1) is 9.60. The first kappa shape index (κ1) is 13.7. The lowest BCUT2D eigenvalue weighted by Gasteiger charge is -2.02. The minimum absolute atomic E-state index is 0.0348. The molecule has 0 saturated carbocycles. The Morgan fingerprint density at radius 2 is 2.10 bits per heavy atom. The van der Waals surface area contributed by atoms with Crippen LogP contribution in [0.2, 0.25) is 0 Å². The van der Waals surface area contributed by atoms with Crippen LogP contribution in [0.1, 0.15) is 10.5 Å². The van der Waals surface area contributed by atoms with E-state index in [1.807, 2.05) is 0 Å². The van der Waals surface area contributed by atoms with Crippen LogP contribution >= 0.6 is 0 Å². The molecule has 2 aromatic rings. The minimum atomic E-state index is -0.502. The lowest BCUT2D eigenvalue weighted by Crippen LogP contribution is -2.13. The first-order valence-electron chi connectivity index (χ1n) is 5.68. The summed E-state index contributed by atoms with van der Waals surface area (Å²) in [6, 6.07) is 7.11. The van der Waals surface area contributed by atoms with Crippen LogP contribution in [0.5, 0.6) is 0 Å². The van der Waals surface area contributed by atoms with Crippen molar-refractivity contribution in [3.8, 4) is 0 Å². The molecule has 1 amide bonds. The Labute approximate surface area is 114 Å². The third-order valence-corrected chi connectivity index (χ3v) is 2.47. The molecule has 1 heterocycles. The van der Waals surface area contributed by atoms with E-state index < -0.39 is 10.8 Å². The van der Waals surface area contributed by atoms with Gasteiger partial charge in [0.1, 0.15) is 6.73 Å². The minimum Gasteiger partial charge on any atom is -0.362 e. The van der Waals surface area contributed by atoms with E-state index in [1.165, 1.54) is 36.1 Å². The van der Waals surface area contributed by atoms with Crippen LogP contribution < -0.4 is 5.32 Å². The van der Waals surface area contributed by atoms with Gasteiger partial charge in [-0.1, -0.05) is 0 Å². The number of hydrogen-bond donors (Lipinski definition) is 1. The lowest BCUT2D eigenvalue weighted by atomic mass is 10.3. The molecule has 2 rings (SSSR count). The van der Waals surface area contributed by atoms with Crippen molar-refractivity contribution in [2.75, 3.05) is 12.4 Å². The predicted octanol–water partition coefficient (Wildman–Crippen LogP) is 1.65. The van der Waals surface area contributed by atoms with Crippen molar-refractivity contribution in [3.05, 3.63) is 52.3 Å². The van der Waals surface area contributed by atoms with Gasteiger partial charge in [-0.3, -0.25) is 14.9 Å². The Kier molecular flexibility index (Phi) is 4.06. The molecule has 0 saturated heterocycles. The highest BCUT2D eigenvalue weighted by atomic mass is 16.6. The number of nitrogens with one attached hydrogen (secondary N) is 1. The van der Waals surface area contributed by atoms with Gasteiger partial charge in [0.25, 0.3) is 11.6 Å². The van der Waals surface area contributed by atoms with Crippen LogP contribution in [0.15, 0.2) is 36.5 Å². The third kappa shape index (κ3) is 3.18. The number of carbonyl (C=O) groups excluding carboxylic acids is 1. The Morgan fingerprint density at radius 3 is 2.70 bits per heavy atom. The second-order valence-corrected chi connectivity index (χ2v) is 3.92. The number of nitro groups is 1. The summed E-state index contributed by atoms with van der Waals surface area (Å²) in [6.07, 6.45) is 1.62. The summed E-state index contributed by atoms with van der Waals surface area (Å²) in [5.41, 5.74) is 0.662. The van der Waals surface area contributed by atoms with E-state index in [1.54, 1.807) is 12.3 Å². The molecule has 0 aliphatic rings. The highest BCUT2D eigenvalue weighted by Gasteiger charge is 2.11. The van der Waals surface area contributed by atoms with E-state index in [-0.39, 0.29) is 18.1 Å². The Bertz CT molecular complexity index is 621. The fourth-order valence-corrected chi connectivity index (χ4v) is 1.55. The molecule has 1 aromatic carbocycles. The molecule has 0 aliphatic carbocycles. The van der Waals surface area contributed by atoms with Crippen LogP contribution in [-0.4, -0.2) is 27.7 Å². The number of nitro benzene ring substituents is 1. The van der Waals surface area contributed by atoms with E-state index in [0.717, 1.165) is 0 Å². The van der Waals surface area contributed by atoms with Crippen molar-refractivity contribution in [1.82, 2.24) is 9.78 Å². The summed E-state index contributed by atoms with van der Waals surface area (Å²) >= 11 is 0. The second kappa shape index (κ2) is 5.93. The number of aromatic nitrogens is 2. The zero-order chi connectivity index (χ0) is 14.5. The molecule has 0 bridgehead atoms. The SMILES string of the molecule is COCn1ccc(C(=O)Nc2ccc([N+](=O)[O-])cc2)n1. The average Bonchev–Trinajstić information content (AvgIpc) is 2.88. The van der Waals surface area contributed by atoms with Crippen LogP contribution in [0, 0.1) is 10.1 Å². The van der Waals surface area contributed by atoms with Gasteiger partial charge in [0, 0.05) is 31.1 Å². The summed E-state index contributed by atoms with van der Waals surface area (Å²) in [5.74, 6) is -0.395. The van der Waals surface area contributed by atoms with Gasteiger partial charge in [-0.25, -0.2) is 4.68 Å². The Morgan fingerprint density at radius 1 is 1.40 bits per heavy atom. The highest BCUT2D eigenvalue weighted by Crippen LogP contribution is 2.15. The number of amides is 1. The predicted molar refractivity (Wildman–Crippen MR) is 70.3 cm³/mol. The zero-order valence-electron chi connectivity index (χ0n) is 10.6. The van der Waals surface area contributed by atoms with Crippen molar-refractivity contribution in [3.63, 3.8) is 0 Å². The van der Waals surface area contributed by atoms with E-state index >= 15 is 0 Å². The average molecular weight is 276 g/mol. The maximum Gasteiger partial charge on any atom is 0.276 e. The number of benzene rings is 1. The van der Waals surface area contributed by atoms with Crippen LogP contribution in [0.4, 0.5) is 11.4 Å². The number of hydrogen-bond acceptors (Lipinski definition) is 5. The number of methoxy groups -OCH3 is 1. The molecule has 0 spiro atoms. The number of non-ortho nitro benzene ring substituents is 1. The number of carbonyl (C=O) groups is 1. The smallest absolute Gasteiger partial charge is 0.276 e. The molecular formula is C12H12N4O4. The van der Waals surface area contributed by atoms with Gasteiger partial charge in [0.05, 0.1) is 4.92 Å². The number of nitrogens with zero attached hydrogens (tertiary/aromatic N) is 3. The largest absolute Gasteiger partial charge is 0.362 e. The molecule has 1 aromatic heterocycles. The number of rotatable bonds is 5. The molecule has 0 unspecified atom stereocenters. The summed E-state index contributed by atoms with van der Waals surface area (Å²) < 4.78 is 6.36. The van der Waals surface area contributed by atoms with E-state index in [0.29, 0.717) is 5.69 Å². The fraction of sp³-hybridized carbons (Fsp3) is 0.167. The fourth-order valence-electron chi connectivity index (χ4n) is 1.55. The number of anilines is 1. The highest BCUT2D eigenvalue weighted by molar-refractivity contribution is 6.02. The zero-order valence-corrected chi connectivity index (χ0v) is 10.6. The summed E-state index contributed by atoms with van der Waals surface area (Å²) in [5, 5.41) is 17.1. The topological polar surface area (TPSA) is 99.3 Å². The summed E-state index contributed by atoms with van der Waals surface area (Å²) in [4.78, 5) is 21.9.